The average molecular weight is 364 g/mol. The van der Waals surface area contributed by atoms with Crippen LogP contribution in [-0.2, 0) is 25.6 Å². The maximum absolute atomic E-state index is 12.2. The summed E-state index contributed by atoms with van der Waals surface area (Å²) in [6.07, 6.45) is -0.0478. The Morgan fingerprint density at radius 1 is 1.15 bits per heavy atom. The van der Waals surface area contributed by atoms with Crippen molar-refractivity contribution in [2.75, 3.05) is 13.7 Å². The van der Waals surface area contributed by atoms with Gasteiger partial charge in [-0.15, -0.1) is 0 Å². The molecule has 1 aromatic rings. The van der Waals surface area contributed by atoms with Gasteiger partial charge in [0, 0.05) is 19.1 Å². The summed E-state index contributed by atoms with van der Waals surface area (Å²) in [7, 11) is 1.17. The van der Waals surface area contributed by atoms with Gasteiger partial charge >= 0.3 is 18.0 Å². The Hall–Kier alpha value is -2.57. The van der Waals surface area contributed by atoms with Gasteiger partial charge in [-0.25, -0.2) is 9.59 Å². The molecular formula is C19H28N2O5. The zero-order valence-electron chi connectivity index (χ0n) is 16.1. The summed E-state index contributed by atoms with van der Waals surface area (Å²) in [5.41, 5.74) is 0.321. The van der Waals surface area contributed by atoms with Gasteiger partial charge in [-0.3, -0.25) is 4.79 Å². The molecule has 0 unspecified atom stereocenters. The topological polar surface area (TPSA) is 84.9 Å². The van der Waals surface area contributed by atoms with E-state index in [0.717, 1.165) is 5.56 Å². The first-order chi connectivity index (χ1) is 12.1. The summed E-state index contributed by atoms with van der Waals surface area (Å²) in [6.45, 7) is 7.75. The van der Waals surface area contributed by atoms with Crippen molar-refractivity contribution < 1.29 is 23.9 Å². The second kappa shape index (κ2) is 9.79. The number of methoxy groups -OCH3 is 1. The lowest BCUT2D eigenvalue weighted by atomic mass is 10.2. The highest BCUT2D eigenvalue weighted by Crippen LogP contribution is 2.09. The second-order valence-electron chi connectivity index (χ2n) is 7.04. The maximum Gasteiger partial charge on any atom is 0.407 e. The SMILES string of the molecule is COC(=O)C(=O)N(CC[C@@H](C)NC(=O)OC(C)(C)C)Cc1ccccc1. The van der Waals surface area contributed by atoms with Crippen molar-refractivity contribution in [2.45, 2.75) is 52.3 Å². The van der Waals surface area contributed by atoms with Crippen molar-refractivity contribution in [2.24, 2.45) is 0 Å². The monoisotopic (exact) mass is 364 g/mol. The molecule has 0 saturated heterocycles. The van der Waals surface area contributed by atoms with E-state index in [9.17, 15) is 14.4 Å². The summed E-state index contributed by atoms with van der Waals surface area (Å²) in [5.74, 6) is -1.62. The van der Waals surface area contributed by atoms with Crippen molar-refractivity contribution in [3.05, 3.63) is 35.9 Å². The number of benzene rings is 1. The van der Waals surface area contributed by atoms with Gasteiger partial charge in [-0.05, 0) is 39.7 Å². The van der Waals surface area contributed by atoms with Crippen molar-refractivity contribution in [1.29, 1.82) is 0 Å². The van der Waals surface area contributed by atoms with E-state index in [1.54, 1.807) is 20.8 Å². The zero-order valence-corrected chi connectivity index (χ0v) is 16.1. The lowest BCUT2D eigenvalue weighted by Crippen LogP contribution is -2.42. The van der Waals surface area contributed by atoms with Crippen molar-refractivity contribution in [3.8, 4) is 0 Å². The minimum absolute atomic E-state index is 0.228. The third kappa shape index (κ3) is 8.00. The molecule has 1 atom stereocenters. The molecule has 26 heavy (non-hydrogen) atoms. The molecule has 0 aliphatic heterocycles. The lowest BCUT2D eigenvalue weighted by Gasteiger charge is -2.25. The first kappa shape index (κ1) is 21.5. The number of nitrogens with one attached hydrogen (secondary N) is 1. The Labute approximate surface area is 154 Å². The fourth-order valence-electron chi connectivity index (χ4n) is 2.20. The number of rotatable bonds is 6. The summed E-state index contributed by atoms with van der Waals surface area (Å²) >= 11 is 0. The van der Waals surface area contributed by atoms with Gasteiger partial charge < -0.3 is 19.7 Å². The van der Waals surface area contributed by atoms with Crippen LogP contribution in [0.15, 0.2) is 30.3 Å². The molecule has 2 amide bonds. The highest BCUT2D eigenvalue weighted by Gasteiger charge is 2.24. The van der Waals surface area contributed by atoms with E-state index < -0.39 is 23.6 Å². The molecule has 0 bridgehead atoms. The van der Waals surface area contributed by atoms with Gasteiger partial charge in [0.15, 0.2) is 0 Å². The smallest absolute Gasteiger partial charge is 0.407 e. The van der Waals surface area contributed by atoms with Crippen LogP contribution >= 0.6 is 0 Å². The largest absolute Gasteiger partial charge is 0.462 e. The Bertz CT molecular complexity index is 610. The summed E-state index contributed by atoms with van der Waals surface area (Å²) in [4.78, 5) is 37.1. The highest BCUT2D eigenvalue weighted by atomic mass is 16.6. The number of amides is 2. The molecule has 0 heterocycles. The first-order valence-corrected chi connectivity index (χ1v) is 8.53. The van der Waals surface area contributed by atoms with E-state index >= 15 is 0 Å². The normalized spacial score (nSPS) is 12.0. The Balaban J connectivity index is 2.66. The van der Waals surface area contributed by atoms with Crippen LogP contribution in [-0.4, -0.2) is 48.2 Å². The van der Waals surface area contributed by atoms with Crippen molar-refractivity contribution in [1.82, 2.24) is 10.2 Å². The first-order valence-electron chi connectivity index (χ1n) is 8.53. The van der Waals surface area contributed by atoms with Gasteiger partial charge in [0.2, 0.25) is 0 Å². The number of carbonyl (C=O) groups is 3. The minimum atomic E-state index is -0.909. The summed E-state index contributed by atoms with van der Waals surface area (Å²) in [6, 6.07) is 9.13. The van der Waals surface area contributed by atoms with Crippen LogP contribution in [0.4, 0.5) is 4.79 Å². The van der Waals surface area contributed by atoms with Gasteiger partial charge in [0.1, 0.15) is 5.60 Å². The van der Waals surface area contributed by atoms with Crippen molar-refractivity contribution in [3.63, 3.8) is 0 Å². The molecule has 0 aliphatic carbocycles. The standard InChI is InChI=1S/C19H28N2O5/c1-14(20-18(24)26-19(2,3)4)11-12-21(16(22)17(23)25-5)13-15-9-7-6-8-10-15/h6-10,14H,11-13H2,1-5H3,(H,20,24)/t14-/m1/s1. The van der Waals surface area contributed by atoms with Gasteiger partial charge in [-0.2, -0.15) is 0 Å². The molecule has 1 aromatic carbocycles. The number of alkyl carbamates (subject to hydrolysis) is 1. The third-order valence-electron chi connectivity index (χ3n) is 3.46. The molecular weight excluding hydrogens is 336 g/mol. The van der Waals surface area contributed by atoms with E-state index in [0.29, 0.717) is 13.0 Å². The average Bonchev–Trinajstić information content (AvgIpc) is 2.56. The molecule has 7 heteroatoms. The molecule has 7 nitrogen and oxygen atoms in total. The van der Waals surface area contributed by atoms with E-state index in [2.05, 4.69) is 10.1 Å². The van der Waals surface area contributed by atoms with Crippen molar-refractivity contribution >= 4 is 18.0 Å². The molecule has 0 aromatic heterocycles. The molecule has 1 rings (SSSR count). The Morgan fingerprint density at radius 2 is 1.77 bits per heavy atom. The van der Waals surface area contributed by atoms with E-state index in [1.807, 2.05) is 37.3 Å². The number of esters is 1. The fraction of sp³-hybridized carbons (Fsp3) is 0.526. The quantitative estimate of drug-likeness (QED) is 0.619. The minimum Gasteiger partial charge on any atom is -0.462 e. The van der Waals surface area contributed by atoms with E-state index in [4.69, 9.17) is 4.74 Å². The van der Waals surface area contributed by atoms with E-state index in [-0.39, 0.29) is 12.6 Å². The van der Waals surface area contributed by atoms with Gasteiger partial charge in [0.05, 0.1) is 7.11 Å². The predicted molar refractivity (Wildman–Crippen MR) is 97.3 cm³/mol. The van der Waals surface area contributed by atoms with Crippen LogP contribution in [0.1, 0.15) is 39.7 Å². The molecule has 0 spiro atoms. The van der Waals surface area contributed by atoms with Crippen LogP contribution in [0, 0.1) is 0 Å². The van der Waals surface area contributed by atoms with Crippen LogP contribution in [0.3, 0.4) is 0 Å². The summed E-state index contributed by atoms with van der Waals surface area (Å²) in [5, 5.41) is 2.72. The second-order valence-corrected chi connectivity index (χ2v) is 7.04. The van der Waals surface area contributed by atoms with Crippen LogP contribution in [0.25, 0.3) is 0 Å². The number of carbonyl (C=O) groups excluding carboxylic acids is 3. The van der Waals surface area contributed by atoms with Crippen LogP contribution in [0.5, 0.6) is 0 Å². The molecule has 0 saturated carbocycles. The van der Waals surface area contributed by atoms with Gasteiger partial charge in [0.25, 0.3) is 0 Å². The number of hydrogen-bond donors (Lipinski definition) is 1. The molecule has 144 valence electrons. The molecule has 0 radical (unpaired) electrons. The maximum atomic E-state index is 12.2. The Morgan fingerprint density at radius 3 is 2.31 bits per heavy atom. The number of nitrogens with zero attached hydrogens (tertiary/aromatic N) is 1. The number of hydrogen-bond acceptors (Lipinski definition) is 5. The number of ether oxygens (including phenoxy) is 2. The molecule has 1 N–H and O–H groups in total. The zero-order chi connectivity index (χ0) is 19.7. The van der Waals surface area contributed by atoms with E-state index in [1.165, 1.54) is 12.0 Å². The van der Waals surface area contributed by atoms with Crippen LogP contribution in [0.2, 0.25) is 0 Å². The summed E-state index contributed by atoms with van der Waals surface area (Å²) < 4.78 is 9.75. The fourth-order valence-corrected chi connectivity index (χ4v) is 2.20. The van der Waals surface area contributed by atoms with Gasteiger partial charge in [-0.1, -0.05) is 30.3 Å². The predicted octanol–water partition coefficient (Wildman–Crippen LogP) is 2.49. The van der Waals surface area contributed by atoms with Crippen LogP contribution < -0.4 is 5.32 Å². The molecule has 0 fully saturated rings. The third-order valence-corrected chi connectivity index (χ3v) is 3.46. The highest BCUT2D eigenvalue weighted by molar-refractivity contribution is 6.32. The Kier molecular flexibility index (Phi) is 8.09. The lowest BCUT2D eigenvalue weighted by molar-refractivity contribution is -0.158. The molecule has 0 aliphatic rings.